The van der Waals surface area contributed by atoms with E-state index in [2.05, 4.69) is 4.74 Å². The lowest BCUT2D eigenvalue weighted by atomic mass is 9.99. The normalized spacial score (nSPS) is 32.8. The number of ether oxygens (including phenoxy) is 1. The third-order valence-corrected chi connectivity index (χ3v) is 4.14. The third-order valence-electron chi connectivity index (χ3n) is 2.78. The van der Waals surface area contributed by atoms with E-state index in [4.69, 9.17) is 5.73 Å². The molecule has 98 valence electrons. The fourth-order valence-electron chi connectivity index (χ4n) is 1.94. The number of thioether (sulfide) groups is 1. The monoisotopic (exact) mass is 272 g/mol. The number of esters is 1. The van der Waals surface area contributed by atoms with Crippen molar-refractivity contribution in [3.05, 3.63) is 11.8 Å². The molecule has 0 aliphatic carbocycles. The SMILES string of the molecule is CC(=O)OC=C1CS[C@H]2C(N)C(=O)N2C1C(=O)O. The van der Waals surface area contributed by atoms with Gasteiger partial charge in [-0.05, 0) is 0 Å². The zero-order valence-electron chi connectivity index (χ0n) is 9.53. The molecular formula is C10H12N2O5S. The number of carboxylic acids is 1. The van der Waals surface area contributed by atoms with Gasteiger partial charge in [0.2, 0.25) is 5.91 Å². The van der Waals surface area contributed by atoms with Crippen molar-refractivity contribution >= 4 is 29.6 Å². The number of nitrogens with two attached hydrogens (primary N) is 1. The van der Waals surface area contributed by atoms with Crippen molar-refractivity contribution < 1.29 is 24.2 Å². The van der Waals surface area contributed by atoms with Gasteiger partial charge in [0, 0.05) is 18.2 Å². The number of carbonyl (C=O) groups excluding carboxylic acids is 2. The van der Waals surface area contributed by atoms with Gasteiger partial charge in [-0.2, -0.15) is 0 Å². The van der Waals surface area contributed by atoms with E-state index in [1.165, 1.54) is 23.6 Å². The van der Waals surface area contributed by atoms with E-state index in [1.807, 2.05) is 0 Å². The average Bonchev–Trinajstić information content (AvgIpc) is 2.33. The lowest BCUT2D eigenvalue weighted by molar-refractivity contribution is -0.158. The van der Waals surface area contributed by atoms with Gasteiger partial charge in [-0.25, -0.2) is 4.79 Å². The van der Waals surface area contributed by atoms with Gasteiger partial charge in [-0.3, -0.25) is 9.59 Å². The second kappa shape index (κ2) is 4.62. The summed E-state index contributed by atoms with van der Waals surface area (Å²) in [5, 5.41) is 8.86. The molecule has 2 heterocycles. The molecule has 8 heteroatoms. The average molecular weight is 272 g/mol. The number of hydrogen-bond donors (Lipinski definition) is 2. The highest BCUT2D eigenvalue weighted by atomic mass is 32.2. The Hall–Kier alpha value is -1.54. The topological polar surface area (TPSA) is 110 Å². The van der Waals surface area contributed by atoms with E-state index in [9.17, 15) is 19.5 Å². The summed E-state index contributed by atoms with van der Waals surface area (Å²) in [5.74, 6) is -1.72. The summed E-state index contributed by atoms with van der Waals surface area (Å²) in [6, 6.07) is -1.74. The largest absolute Gasteiger partial charge is 0.479 e. The Morgan fingerprint density at radius 2 is 2.28 bits per heavy atom. The van der Waals surface area contributed by atoms with Crippen LogP contribution in [0.5, 0.6) is 0 Å². The van der Waals surface area contributed by atoms with Crippen molar-refractivity contribution in [2.45, 2.75) is 24.4 Å². The number of carbonyl (C=O) groups is 3. The predicted molar refractivity (Wildman–Crippen MR) is 62.3 cm³/mol. The van der Waals surface area contributed by atoms with E-state index < -0.39 is 29.9 Å². The Labute approximate surface area is 107 Å². The smallest absolute Gasteiger partial charge is 0.330 e. The van der Waals surface area contributed by atoms with Crippen LogP contribution < -0.4 is 5.73 Å². The van der Waals surface area contributed by atoms with E-state index in [0.29, 0.717) is 11.3 Å². The van der Waals surface area contributed by atoms with Crippen LogP contribution in [0.4, 0.5) is 0 Å². The van der Waals surface area contributed by atoms with Gasteiger partial charge in [-0.15, -0.1) is 11.8 Å². The van der Waals surface area contributed by atoms with Crippen molar-refractivity contribution in [3.8, 4) is 0 Å². The summed E-state index contributed by atoms with van der Waals surface area (Å²) in [7, 11) is 0. The molecule has 1 amide bonds. The molecule has 0 saturated carbocycles. The molecule has 0 bridgehead atoms. The first-order chi connectivity index (χ1) is 8.43. The van der Waals surface area contributed by atoms with Crippen molar-refractivity contribution in [2.24, 2.45) is 5.73 Å². The van der Waals surface area contributed by atoms with Crippen molar-refractivity contribution in [1.82, 2.24) is 4.90 Å². The summed E-state index contributed by atoms with van der Waals surface area (Å²) in [6.45, 7) is 1.22. The second-order valence-electron chi connectivity index (χ2n) is 4.02. The minimum Gasteiger partial charge on any atom is -0.479 e. The molecule has 0 aromatic rings. The van der Waals surface area contributed by atoms with Gasteiger partial charge in [0.1, 0.15) is 11.4 Å². The Morgan fingerprint density at radius 3 is 2.83 bits per heavy atom. The van der Waals surface area contributed by atoms with Crippen molar-refractivity contribution in [3.63, 3.8) is 0 Å². The van der Waals surface area contributed by atoms with Gasteiger partial charge < -0.3 is 20.5 Å². The molecule has 18 heavy (non-hydrogen) atoms. The number of nitrogens with zero attached hydrogens (tertiary/aromatic N) is 1. The Bertz CT molecular complexity index is 450. The van der Waals surface area contributed by atoms with Gasteiger partial charge in [0.25, 0.3) is 0 Å². The molecule has 2 rings (SSSR count). The maximum absolute atomic E-state index is 11.6. The van der Waals surface area contributed by atoms with Crippen LogP contribution in [0.25, 0.3) is 0 Å². The van der Waals surface area contributed by atoms with Crippen LogP contribution in [0.2, 0.25) is 0 Å². The highest BCUT2D eigenvalue weighted by Crippen LogP contribution is 2.39. The lowest BCUT2D eigenvalue weighted by Crippen LogP contribution is -2.73. The summed E-state index contributed by atoms with van der Waals surface area (Å²) < 4.78 is 4.68. The number of hydrogen-bond acceptors (Lipinski definition) is 6. The first-order valence-corrected chi connectivity index (χ1v) is 6.26. The maximum atomic E-state index is 11.6. The zero-order chi connectivity index (χ0) is 13.4. The number of rotatable bonds is 2. The molecular weight excluding hydrogens is 260 g/mol. The minimum absolute atomic E-state index is 0.312. The summed E-state index contributed by atoms with van der Waals surface area (Å²) in [5.41, 5.74) is 5.97. The van der Waals surface area contributed by atoms with Gasteiger partial charge in [-0.1, -0.05) is 0 Å². The van der Waals surface area contributed by atoms with Gasteiger partial charge in [0.15, 0.2) is 6.04 Å². The summed E-state index contributed by atoms with van der Waals surface area (Å²) in [4.78, 5) is 34.7. The first kappa shape index (κ1) is 12.9. The highest BCUT2D eigenvalue weighted by Gasteiger charge is 2.54. The molecule has 0 aromatic heterocycles. The Balaban J connectivity index is 2.23. The minimum atomic E-state index is -1.15. The van der Waals surface area contributed by atoms with Crippen LogP contribution in [0.1, 0.15) is 6.92 Å². The first-order valence-electron chi connectivity index (χ1n) is 5.22. The quantitative estimate of drug-likeness (QED) is 0.382. The van der Waals surface area contributed by atoms with Crippen LogP contribution in [-0.2, 0) is 19.1 Å². The van der Waals surface area contributed by atoms with Crippen LogP contribution in [0, 0.1) is 0 Å². The van der Waals surface area contributed by atoms with Crippen LogP contribution >= 0.6 is 11.8 Å². The zero-order valence-corrected chi connectivity index (χ0v) is 10.3. The highest BCUT2D eigenvalue weighted by molar-refractivity contribution is 8.00. The molecule has 2 aliphatic rings. The number of β-lactam (4-membered cyclic amide) rings is 1. The summed E-state index contributed by atoms with van der Waals surface area (Å²) >= 11 is 1.36. The molecule has 2 aliphatic heterocycles. The Morgan fingerprint density at radius 1 is 1.61 bits per heavy atom. The van der Waals surface area contributed by atoms with Crippen LogP contribution in [0.15, 0.2) is 11.8 Å². The molecule has 0 aromatic carbocycles. The number of aliphatic carboxylic acids is 1. The van der Waals surface area contributed by atoms with Gasteiger partial charge >= 0.3 is 11.9 Å². The van der Waals surface area contributed by atoms with Crippen molar-refractivity contribution in [2.75, 3.05) is 5.75 Å². The third kappa shape index (κ3) is 1.97. The van der Waals surface area contributed by atoms with Crippen LogP contribution in [0.3, 0.4) is 0 Å². The van der Waals surface area contributed by atoms with Gasteiger partial charge in [0.05, 0.1) is 6.26 Å². The fraction of sp³-hybridized carbons (Fsp3) is 0.500. The van der Waals surface area contributed by atoms with E-state index in [-0.39, 0.29) is 5.37 Å². The second-order valence-corrected chi connectivity index (χ2v) is 5.12. The van der Waals surface area contributed by atoms with E-state index >= 15 is 0 Å². The lowest BCUT2D eigenvalue weighted by Gasteiger charge is -2.51. The molecule has 3 N–H and O–H groups in total. The number of amides is 1. The maximum Gasteiger partial charge on any atom is 0.330 e. The molecule has 0 spiro atoms. The molecule has 7 nitrogen and oxygen atoms in total. The molecule has 3 atom stereocenters. The Kier molecular flexibility index (Phi) is 3.31. The fourth-order valence-corrected chi connectivity index (χ4v) is 3.24. The molecule has 0 radical (unpaired) electrons. The standard InChI is InChI=1S/C10H12N2O5S/c1-4(13)17-2-5-3-18-9-6(11)8(14)12(9)7(5)10(15)16/h2,6-7,9H,3,11H2,1H3,(H,15,16)/t6?,7?,9-/m0/s1. The van der Waals surface area contributed by atoms with Crippen LogP contribution in [-0.4, -0.2) is 51.1 Å². The van der Waals surface area contributed by atoms with E-state index in [0.717, 1.165) is 6.26 Å². The number of fused-ring (bicyclic) bond motifs is 1. The molecule has 2 unspecified atom stereocenters. The number of carboxylic acid groups (broad SMARTS) is 1. The predicted octanol–water partition coefficient (Wildman–Crippen LogP) is -0.871. The molecule has 2 fully saturated rings. The van der Waals surface area contributed by atoms with Crippen molar-refractivity contribution in [1.29, 1.82) is 0 Å². The molecule has 2 saturated heterocycles. The van der Waals surface area contributed by atoms with E-state index in [1.54, 1.807) is 0 Å². The summed E-state index contributed by atoms with van der Waals surface area (Å²) in [6.07, 6.45) is 1.11.